The molecule has 1 aliphatic heterocycles. The molecule has 0 bridgehead atoms. The van der Waals surface area contributed by atoms with Crippen molar-refractivity contribution in [2.45, 2.75) is 46.5 Å². The van der Waals surface area contributed by atoms with Crippen LogP contribution in [-0.2, 0) is 4.79 Å². The monoisotopic (exact) mass is 583 g/mol. The number of carbonyl (C=O) groups is 1. The number of ketones is 1. The number of anilines is 2. The summed E-state index contributed by atoms with van der Waals surface area (Å²) < 4.78 is 5.33. The van der Waals surface area contributed by atoms with E-state index in [4.69, 9.17) is 16.3 Å². The van der Waals surface area contributed by atoms with Crippen molar-refractivity contribution >= 4 is 40.4 Å². The first-order valence-electron chi connectivity index (χ1n) is 14.4. The largest absolute Gasteiger partial charge is 0.507 e. The summed E-state index contributed by atoms with van der Waals surface area (Å²) >= 11 is 6.72. The Kier molecular flexibility index (Phi) is 8.20. The van der Waals surface area contributed by atoms with Gasteiger partial charge in [0, 0.05) is 53.5 Å². The van der Waals surface area contributed by atoms with Gasteiger partial charge in [-0.2, -0.15) is 0 Å². The number of Topliss-reactive ketones (excluding diaryl/α,β-unsaturated/α-hetero) is 1. The number of nitrogens with zero attached hydrogens (tertiary/aromatic N) is 2. The number of rotatable bonds is 7. The number of aliphatic hydroxyl groups excluding tert-OH is 1. The lowest BCUT2D eigenvalue weighted by atomic mass is 9.67. The number of hydrogen-bond donors (Lipinski definition) is 2. The maximum absolute atomic E-state index is 14.1. The second kappa shape index (κ2) is 11.7. The van der Waals surface area contributed by atoms with E-state index >= 15 is 0 Å². The molecular formula is C35H38ClN3O3. The zero-order chi connectivity index (χ0) is 30.2. The molecule has 3 aromatic rings. The zero-order valence-electron chi connectivity index (χ0n) is 24.9. The summed E-state index contributed by atoms with van der Waals surface area (Å²) in [7, 11) is 1.59. The molecule has 1 heterocycles. The molecule has 5 rings (SSSR count). The fourth-order valence-electron chi connectivity index (χ4n) is 6.22. The van der Waals surface area contributed by atoms with E-state index in [9.17, 15) is 15.3 Å². The van der Waals surface area contributed by atoms with Crippen LogP contribution in [0.4, 0.5) is 11.4 Å². The molecule has 3 aromatic carbocycles. The zero-order valence-corrected chi connectivity index (χ0v) is 25.6. The van der Waals surface area contributed by atoms with Crippen LogP contribution in [0.5, 0.6) is 5.75 Å². The van der Waals surface area contributed by atoms with Gasteiger partial charge in [0.2, 0.25) is 0 Å². The highest BCUT2D eigenvalue weighted by atomic mass is 35.5. The molecule has 42 heavy (non-hydrogen) atoms. The molecule has 0 spiro atoms. The van der Waals surface area contributed by atoms with Crippen LogP contribution in [0, 0.1) is 10.8 Å². The normalized spacial score (nSPS) is 19.5. The Balaban J connectivity index is 1.81. The summed E-state index contributed by atoms with van der Waals surface area (Å²) in [5, 5.41) is 22.0. The number of halogens is 1. The van der Waals surface area contributed by atoms with Gasteiger partial charge in [0.15, 0.2) is 5.78 Å². The minimum absolute atomic E-state index is 0.0173. The predicted octanol–water partition coefficient (Wildman–Crippen LogP) is 8.39. The number of para-hydroxylation sites is 1. The number of benzene rings is 3. The molecule has 0 saturated carbocycles. The highest BCUT2D eigenvalue weighted by Gasteiger charge is 2.47. The van der Waals surface area contributed by atoms with Gasteiger partial charge in [-0.3, -0.25) is 15.1 Å². The predicted molar refractivity (Wildman–Crippen MR) is 172 cm³/mol. The summed E-state index contributed by atoms with van der Waals surface area (Å²) in [6.45, 7) is 10.2. The molecule has 218 valence electrons. The maximum Gasteiger partial charge on any atom is 0.162 e. The number of allylic oxidation sites excluding steroid dienone is 2. The summed E-state index contributed by atoms with van der Waals surface area (Å²) in [5.41, 5.74) is 4.51. The number of hydrogen-bond acceptors (Lipinski definition) is 5. The van der Waals surface area contributed by atoms with Crippen molar-refractivity contribution in [3.63, 3.8) is 0 Å². The fourth-order valence-corrected chi connectivity index (χ4v) is 6.44. The lowest BCUT2D eigenvalue weighted by Gasteiger charge is -2.45. The molecule has 6 nitrogen and oxygen atoms in total. The molecule has 0 amide bonds. The highest BCUT2D eigenvalue weighted by molar-refractivity contribution is 6.34. The van der Waals surface area contributed by atoms with Crippen molar-refractivity contribution in [3.05, 3.63) is 106 Å². The van der Waals surface area contributed by atoms with Gasteiger partial charge in [-0.05, 0) is 79.8 Å². The van der Waals surface area contributed by atoms with Gasteiger partial charge in [0.1, 0.15) is 17.3 Å². The first kappa shape index (κ1) is 29.5. The number of amidine groups is 1. The first-order valence-corrected chi connectivity index (χ1v) is 14.8. The third-order valence-electron chi connectivity index (χ3n) is 8.29. The van der Waals surface area contributed by atoms with Crippen LogP contribution in [0.1, 0.15) is 57.6 Å². The third-order valence-corrected chi connectivity index (χ3v) is 8.61. The van der Waals surface area contributed by atoms with E-state index in [1.54, 1.807) is 42.3 Å². The highest BCUT2D eigenvalue weighted by Crippen LogP contribution is 2.52. The van der Waals surface area contributed by atoms with Crippen molar-refractivity contribution in [2.24, 2.45) is 5.41 Å². The van der Waals surface area contributed by atoms with E-state index in [-0.39, 0.29) is 22.8 Å². The number of carbonyl (C=O) groups excluding carboxylic acids is 1. The van der Waals surface area contributed by atoms with Crippen LogP contribution in [0.3, 0.4) is 0 Å². The van der Waals surface area contributed by atoms with Crippen LogP contribution in [0.25, 0.3) is 5.76 Å². The van der Waals surface area contributed by atoms with Crippen molar-refractivity contribution in [3.8, 4) is 5.75 Å². The second-order valence-corrected chi connectivity index (χ2v) is 12.0. The minimum atomic E-state index is -0.623. The van der Waals surface area contributed by atoms with Crippen molar-refractivity contribution in [1.29, 1.82) is 5.41 Å². The van der Waals surface area contributed by atoms with Crippen LogP contribution >= 0.6 is 11.6 Å². The van der Waals surface area contributed by atoms with Crippen molar-refractivity contribution < 1.29 is 14.6 Å². The third kappa shape index (κ3) is 5.32. The number of nitrogens with one attached hydrogen (secondary N) is 1. The quantitative estimate of drug-likeness (QED) is 0.273. The Bertz CT molecular complexity index is 1570. The maximum atomic E-state index is 14.1. The van der Waals surface area contributed by atoms with Gasteiger partial charge >= 0.3 is 0 Å². The molecule has 7 heteroatoms. The Morgan fingerprint density at radius 1 is 1.02 bits per heavy atom. The number of ether oxygens (including phenoxy) is 1. The smallest absolute Gasteiger partial charge is 0.162 e. The van der Waals surface area contributed by atoms with E-state index in [2.05, 4.69) is 44.7 Å². The van der Waals surface area contributed by atoms with Gasteiger partial charge in [-0.1, -0.05) is 49.7 Å². The van der Waals surface area contributed by atoms with Gasteiger partial charge in [-0.15, -0.1) is 0 Å². The Hall–Kier alpha value is -4.03. The van der Waals surface area contributed by atoms with Gasteiger partial charge < -0.3 is 14.7 Å². The standard InChI is InChI=1S/C35H38ClN3O3/c1-6-38(7-2)24-16-12-22(13-17-24)30-31-28(20-35(3,4)21-29(31)40)39(27-11-9-8-10-26(27)36)34(37)32(30)33(41)23-14-18-25(42-5)19-15-23/h8-19,30,37,41H,6-7,20-21H2,1-5H3/b33-32+,37-34?. The molecule has 2 aliphatic rings. The molecule has 0 fully saturated rings. The van der Waals surface area contributed by atoms with Gasteiger partial charge in [0.25, 0.3) is 0 Å². The van der Waals surface area contributed by atoms with Gasteiger partial charge in [-0.25, -0.2) is 0 Å². The van der Waals surface area contributed by atoms with E-state index in [0.717, 1.165) is 30.0 Å². The second-order valence-electron chi connectivity index (χ2n) is 11.6. The fraction of sp³-hybridized carbons (Fsp3) is 0.314. The summed E-state index contributed by atoms with van der Waals surface area (Å²) in [4.78, 5) is 18.2. The van der Waals surface area contributed by atoms with Crippen molar-refractivity contribution in [1.82, 2.24) is 0 Å². The summed E-state index contributed by atoms with van der Waals surface area (Å²) in [6, 6.07) is 22.6. The molecule has 0 radical (unpaired) electrons. The van der Waals surface area contributed by atoms with E-state index in [0.29, 0.717) is 46.0 Å². The van der Waals surface area contributed by atoms with Gasteiger partial charge in [0.05, 0.1) is 17.8 Å². The molecule has 1 unspecified atom stereocenters. The SMILES string of the molecule is CCN(CC)c1ccc(C2C3=C(CC(C)(C)CC3=O)N(c3ccccc3Cl)C(=N)/C2=C(/O)c2ccc(OC)cc2)cc1. The van der Waals surface area contributed by atoms with E-state index in [1.807, 2.05) is 30.3 Å². The van der Waals surface area contributed by atoms with Crippen LogP contribution in [-0.4, -0.2) is 36.9 Å². The topological polar surface area (TPSA) is 76.9 Å². The Labute approximate surface area is 253 Å². The summed E-state index contributed by atoms with van der Waals surface area (Å²) in [6.07, 6.45) is 0.965. The molecule has 0 saturated heterocycles. The number of methoxy groups -OCH3 is 1. The summed E-state index contributed by atoms with van der Waals surface area (Å²) in [5.74, 6) is 0.0951. The van der Waals surface area contributed by atoms with Crippen LogP contribution < -0.4 is 14.5 Å². The molecule has 1 atom stereocenters. The lowest BCUT2D eigenvalue weighted by molar-refractivity contribution is -0.118. The van der Waals surface area contributed by atoms with E-state index < -0.39 is 5.92 Å². The van der Waals surface area contributed by atoms with Crippen LogP contribution in [0.15, 0.2) is 89.6 Å². The van der Waals surface area contributed by atoms with Crippen LogP contribution in [0.2, 0.25) is 5.02 Å². The Morgan fingerprint density at radius 3 is 2.26 bits per heavy atom. The molecule has 0 aromatic heterocycles. The van der Waals surface area contributed by atoms with E-state index in [1.165, 1.54) is 0 Å². The first-order chi connectivity index (χ1) is 20.1. The molecule has 2 N–H and O–H groups in total. The average molecular weight is 584 g/mol. The molecule has 1 aliphatic carbocycles. The van der Waals surface area contributed by atoms with Crippen molar-refractivity contribution in [2.75, 3.05) is 30.0 Å². The lowest BCUT2D eigenvalue weighted by Crippen LogP contribution is -2.45. The average Bonchev–Trinajstić information content (AvgIpc) is 2.97. The molecular weight excluding hydrogens is 546 g/mol. The number of aliphatic hydroxyl groups is 1. The Morgan fingerprint density at radius 2 is 1.67 bits per heavy atom. The minimum Gasteiger partial charge on any atom is -0.507 e.